The number of anilines is 1. The SMILES string of the molecule is CCN(C)C(=O)C(O)C#Cc1cccc(-c2cc(C#N)c3ncnc(N)c3c2)c1. The van der Waals surface area contributed by atoms with Crippen molar-refractivity contribution >= 4 is 22.6 Å². The summed E-state index contributed by atoms with van der Waals surface area (Å²) in [6.45, 7) is 2.31. The maximum Gasteiger partial charge on any atom is 0.263 e. The fourth-order valence-electron chi connectivity index (χ4n) is 2.79. The Bertz CT molecular complexity index is 1190. The highest BCUT2D eigenvalue weighted by Crippen LogP contribution is 2.29. The molecule has 0 spiro atoms. The Morgan fingerprint density at radius 3 is 2.79 bits per heavy atom. The number of aliphatic hydroxyl groups excluding tert-OH is 1. The highest BCUT2D eigenvalue weighted by atomic mass is 16.3. The molecule has 1 unspecified atom stereocenters. The van der Waals surface area contributed by atoms with Crippen LogP contribution in [0.25, 0.3) is 22.0 Å². The third kappa shape index (κ3) is 4.16. The lowest BCUT2D eigenvalue weighted by molar-refractivity contribution is -0.135. The van der Waals surface area contributed by atoms with Crippen molar-refractivity contribution in [1.82, 2.24) is 14.9 Å². The summed E-state index contributed by atoms with van der Waals surface area (Å²) in [5, 5.41) is 20.0. The van der Waals surface area contributed by atoms with Gasteiger partial charge in [-0.3, -0.25) is 4.79 Å². The smallest absolute Gasteiger partial charge is 0.263 e. The Balaban J connectivity index is 1.99. The Hall–Kier alpha value is -3.94. The molecule has 0 aliphatic heterocycles. The number of aromatic nitrogens is 2. The maximum atomic E-state index is 11.9. The molecule has 2 aromatic carbocycles. The molecule has 3 aromatic rings. The summed E-state index contributed by atoms with van der Waals surface area (Å²) in [4.78, 5) is 21.5. The van der Waals surface area contributed by atoms with Gasteiger partial charge < -0.3 is 15.7 Å². The molecule has 0 saturated heterocycles. The molecule has 0 radical (unpaired) electrons. The van der Waals surface area contributed by atoms with Crippen LogP contribution in [0.1, 0.15) is 18.1 Å². The average Bonchev–Trinajstić information content (AvgIpc) is 2.76. The number of fused-ring (bicyclic) bond motifs is 1. The monoisotopic (exact) mass is 385 g/mol. The van der Waals surface area contributed by atoms with E-state index >= 15 is 0 Å². The number of nitriles is 1. The second-order valence-corrected chi connectivity index (χ2v) is 6.40. The van der Waals surface area contributed by atoms with E-state index in [9.17, 15) is 15.2 Å². The van der Waals surface area contributed by atoms with E-state index in [1.807, 2.05) is 31.2 Å². The van der Waals surface area contributed by atoms with Crippen LogP contribution in [0, 0.1) is 23.2 Å². The van der Waals surface area contributed by atoms with Crippen molar-refractivity contribution in [2.45, 2.75) is 13.0 Å². The summed E-state index contributed by atoms with van der Waals surface area (Å²) in [5.41, 5.74) is 9.06. The van der Waals surface area contributed by atoms with Crippen LogP contribution in [0.5, 0.6) is 0 Å². The van der Waals surface area contributed by atoms with Crippen LogP contribution >= 0.6 is 0 Å². The number of likely N-dealkylation sites (N-methyl/N-ethyl adjacent to an activating group) is 1. The predicted molar refractivity (Wildman–Crippen MR) is 110 cm³/mol. The van der Waals surface area contributed by atoms with E-state index in [0.29, 0.717) is 34.4 Å². The van der Waals surface area contributed by atoms with Crippen LogP contribution < -0.4 is 5.73 Å². The fourth-order valence-corrected chi connectivity index (χ4v) is 2.79. The minimum atomic E-state index is -1.38. The third-order valence-electron chi connectivity index (χ3n) is 4.52. The van der Waals surface area contributed by atoms with Gasteiger partial charge in [0.15, 0.2) is 6.10 Å². The molecule has 7 heteroatoms. The van der Waals surface area contributed by atoms with E-state index in [1.165, 1.54) is 11.2 Å². The number of benzene rings is 2. The molecule has 3 N–H and O–H groups in total. The zero-order valence-electron chi connectivity index (χ0n) is 16.0. The van der Waals surface area contributed by atoms with Crippen LogP contribution in [0.2, 0.25) is 0 Å². The second-order valence-electron chi connectivity index (χ2n) is 6.40. The Kier molecular flexibility index (Phi) is 5.73. The summed E-state index contributed by atoms with van der Waals surface area (Å²) < 4.78 is 0. The largest absolute Gasteiger partial charge is 0.383 e. The van der Waals surface area contributed by atoms with E-state index in [2.05, 4.69) is 27.9 Å². The minimum Gasteiger partial charge on any atom is -0.383 e. The van der Waals surface area contributed by atoms with Gasteiger partial charge in [0.1, 0.15) is 18.2 Å². The zero-order valence-corrected chi connectivity index (χ0v) is 16.0. The normalized spacial score (nSPS) is 11.2. The highest BCUT2D eigenvalue weighted by Gasteiger charge is 2.15. The molecule has 1 atom stereocenters. The van der Waals surface area contributed by atoms with E-state index in [-0.39, 0.29) is 0 Å². The molecule has 0 aliphatic rings. The van der Waals surface area contributed by atoms with Gasteiger partial charge in [-0.25, -0.2) is 9.97 Å². The van der Waals surface area contributed by atoms with Crippen LogP contribution in [-0.2, 0) is 4.79 Å². The predicted octanol–water partition coefficient (Wildman–Crippen LogP) is 1.94. The number of hydrogen-bond donors (Lipinski definition) is 2. The summed E-state index contributed by atoms with van der Waals surface area (Å²) in [5.74, 6) is 5.26. The number of nitrogens with zero attached hydrogens (tertiary/aromatic N) is 4. The van der Waals surface area contributed by atoms with Gasteiger partial charge in [0.2, 0.25) is 0 Å². The molecular formula is C22H19N5O2. The van der Waals surface area contributed by atoms with Crippen molar-refractivity contribution in [3.63, 3.8) is 0 Å². The van der Waals surface area contributed by atoms with Gasteiger partial charge in [0.25, 0.3) is 5.91 Å². The van der Waals surface area contributed by atoms with Gasteiger partial charge in [-0.1, -0.05) is 24.0 Å². The van der Waals surface area contributed by atoms with Crippen molar-refractivity contribution in [1.29, 1.82) is 5.26 Å². The van der Waals surface area contributed by atoms with Crippen molar-refractivity contribution in [3.8, 4) is 29.0 Å². The quantitative estimate of drug-likeness (QED) is 0.666. The molecule has 29 heavy (non-hydrogen) atoms. The topological polar surface area (TPSA) is 116 Å². The molecule has 1 amide bonds. The first-order valence-corrected chi connectivity index (χ1v) is 8.94. The molecule has 0 fully saturated rings. The number of hydrogen-bond acceptors (Lipinski definition) is 6. The number of rotatable bonds is 3. The number of nitrogens with two attached hydrogens (primary N) is 1. The Labute approximate surface area is 168 Å². The summed E-state index contributed by atoms with van der Waals surface area (Å²) in [6.07, 6.45) is -0.0526. The average molecular weight is 385 g/mol. The van der Waals surface area contributed by atoms with Crippen LogP contribution in [0.15, 0.2) is 42.7 Å². The first-order chi connectivity index (χ1) is 13.9. The number of carbonyl (C=O) groups excluding carboxylic acids is 1. The lowest BCUT2D eigenvalue weighted by atomic mass is 9.98. The van der Waals surface area contributed by atoms with Crippen molar-refractivity contribution in [2.75, 3.05) is 19.3 Å². The Morgan fingerprint density at radius 2 is 2.07 bits per heavy atom. The molecule has 0 saturated carbocycles. The standard InChI is InChI=1S/C22H19N5O2/c1-3-27(2)22(29)19(28)8-7-14-5-4-6-15(9-14)16-10-17(12-23)20-18(11-16)21(24)26-13-25-20/h4-6,9-11,13,19,28H,3H2,1-2H3,(H2,24,25,26). The number of amides is 1. The van der Waals surface area contributed by atoms with Crippen molar-refractivity contribution in [2.24, 2.45) is 0 Å². The molecule has 0 bridgehead atoms. The van der Waals surface area contributed by atoms with E-state index in [4.69, 9.17) is 5.73 Å². The molecular weight excluding hydrogens is 366 g/mol. The first kappa shape index (κ1) is 19.8. The van der Waals surface area contributed by atoms with Gasteiger partial charge in [-0.15, -0.1) is 0 Å². The molecule has 1 aromatic heterocycles. The van der Waals surface area contributed by atoms with Crippen molar-refractivity contribution < 1.29 is 9.90 Å². The highest BCUT2D eigenvalue weighted by molar-refractivity contribution is 5.95. The van der Waals surface area contributed by atoms with Gasteiger partial charge >= 0.3 is 0 Å². The van der Waals surface area contributed by atoms with Gasteiger partial charge in [0, 0.05) is 24.5 Å². The van der Waals surface area contributed by atoms with Gasteiger partial charge in [-0.05, 0) is 42.3 Å². The van der Waals surface area contributed by atoms with Gasteiger partial charge in [-0.2, -0.15) is 5.26 Å². The van der Waals surface area contributed by atoms with Crippen molar-refractivity contribution in [3.05, 3.63) is 53.9 Å². The van der Waals surface area contributed by atoms with Crippen LogP contribution in [-0.4, -0.2) is 45.6 Å². The first-order valence-electron chi connectivity index (χ1n) is 8.94. The lowest BCUT2D eigenvalue weighted by Gasteiger charge is -2.15. The minimum absolute atomic E-state index is 0.297. The number of nitrogen functional groups attached to an aromatic ring is 1. The molecule has 7 nitrogen and oxygen atoms in total. The number of carbonyl (C=O) groups is 1. The van der Waals surface area contributed by atoms with Gasteiger partial charge in [0.05, 0.1) is 11.1 Å². The van der Waals surface area contributed by atoms with Crippen LogP contribution in [0.4, 0.5) is 5.82 Å². The molecule has 144 valence electrons. The second kappa shape index (κ2) is 8.39. The molecule has 0 aliphatic carbocycles. The molecule has 1 heterocycles. The van der Waals surface area contributed by atoms with E-state index in [0.717, 1.165) is 11.1 Å². The number of aliphatic hydroxyl groups is 1. The maximum absolute atomic E-state index is 11.9. The third-order valence-corrected chi connectivity index (χ3v) is 4.52. The zero-order chi connectivity index (χ0) is 21.0. The van der Waals surface area contributed by atoms with Crippen LogP contribution in [0.3, 0.4) is 0 Å². The lowest BCUT2D eigenvalue weighted by Crippen LogP contribution is -2.35. The fraction of sp³-hybridized carbons (Fsp3) is 0.182. The van der Waals surface area contributed by atoms with E-state index < -0.39 is 12.0 Å². The summed E-state index contributed by atoms with van der Waals surface area (Å²) >= 11 is 0. The van der Waals surface area contributed by atoms with E-state index in [1.54, 1.807) is 19.2 Å². The summed E-state index contributed by atoms with van der Waals surface area (Å²) in [7, 11) is 1.61. The Morgan fingerprint density at radius 1 is 1.28 bits per heavy atom. The molecule has 3 rings (SSSR count). The summed E-state index contributed by atoms with van der Waals surface area (Å²) in [6, 6.07) is 13.0.